The van der Waals surface area contributed by atoms with Crippen LogP contribution in [0.15, 0.2) is 48.5 Å². The standard InChI is InChI=1S/C16H20O2Si/c1-16(2,12-4-8-14(17)9-5-12)13-6-10-15(11-7-13)18-19-3/h4-11,17H,19H2,1-3H3. The van der Waals surface area contributed by atoms with Gasteiger partial charge in [-0.1, -0.05) is 38.1 Å². The van der Waals surface area contributed by atoms with Gasteiger partial charge in [-0.05, 0) is 41.9 Å². The van der Waals surface area contributed by atoms with Gasteiger partial charge in [0.15, 0.2) is 0 Å². The molecule has 0 amide bonds. The summed E-state index contributed by atoms with van der Waals surface area (Å²) < 4.78 is 5.60. The lowest BCUT2D eigenvalue weighted by Crippen LogP contribution is -2.18. The first-order chi connectivity index (χ1) is 9.04. The second kappa shape index (κ2) is 5.49. The van der Waals surface area contributed by atoms with Gasteiger partial charge in [-0.3, -0.25) is 0 Å². The summed E-state index contributed by atoms with van der Waals surface area (Å²) >= 11 is 0. The molecule has 0 atom stereocenters. The van der Waals surface area contributed by atoms with Gasteiger partial charge < -0.3 is 9.53 Å². The van der Waals surface area contributed by atoms with Crippen molar-refractivity contribution in [2.45, 2.75) is 25.8 Å². The van der Waals surface area contributed by atoms with Crippen LogP contribution >= 0.6 is 0 Å². The van der Waals surface area contributed by atoms with Gasteiger partial charge in [0.1, 0.15) is 11.5 Å². The molecule has 0 saturated heterocycles. The Morgan fingerprint density at radius 3 is 1.84 bits per heavy atom. The van der Waals surface area contributed by atoms with E-state index in [0.717, 1.165) is 5.75 Å². The smallest absolute Gasteiger partial charge is 0.216 e. The SMILES string of the molecule is C[SiH2]Oc1ccc(C(C)(C)c2ccc(O)cc2)cc1. The van der Waals surface area contributed by atoms with Crippen molar-refractivity contribution >= 4 is 9.76 Å². The van der Waals surface area contributed by atoms with Crippen molar-refractivity contribution in [3.63, 3.8) is 0 Å². The molecule has 1 N–H and O–H groups in total. The van der Waals surface area contributed by atoms with Crippen molar-refractivity contribution < 1.29 is 9.53 Å². The highest BCUT2D eigenvalue weighted by Gasteiger charge is 2.22. The lowest BCUT2D eigenvalue weighted by molar-refractivity contribution is 0.474. The molecule has 0 saturated carbocycles. The molecule has 0 radical (unpaired) electrons. The number of hydrogen-bond acceptors (Lipinski definition) is 2. The van der Waals surface area contributed by atoms with Crippen molar-refractivity contribution in [3.8, 4) is 11.5 Å². The molecule has 0 aliphatic heterocycles. The Bertz CT molecular complexity index is 530. The Kier molecular flexibility index (Phi) is 3.95. The van der Waals surface area contributed by atoms with E-state index in [2.05, 4.69) is 32.5 Å². The van der Waals surface area contributed by atoms with E-state index in [4.69, 9.17) is 4.43 Å². The van der Waals surface area contributed by atoms with E-state index in [-0.39, 0.29) is 5.41 Å². The van der Waals surface area contributed by atoms with Crippen LogP contribution in [0.2, 0.25) is 6.55 Å². The second-order valence-corrected chi connectivity index (χ2v) is 6.00. The van der Waals surface area contributed by atoms with E-state index in [1.165, 1.54) is 11.1 Å². The molecule has 2 rings (SSSR count). The van der Waals surface area contributed by atoms with Crippen LogP contribution in [0.1, 0.15) is 25.0 Å². The molecule has 2 nitrogen and oxygen atoms in total. The van der Waals surface area contributed by atoms with Crippen molar-refractivity contribution in [2.75, 3.05) is 0 Å². The maximum absolute atomic E-state index is 9.38. The Morgan fingerprint density at radius 1 is 0.895 bits per heavy atom. The monoisotopic (exact) mass is 272 g/mol. The predicted molar refractivity (Wildman–Crippen MR) is 81.7 cm³/mol. The van der Waals surface area contributed by atoms with E-state index >= 15 is 0 Å². The van der Waals surface area contributed by atoms with Gasteiger partial charge in [0.25, 0.3) is 0 Å². The quantitative estimate of drug-likeness (QED) is 0.866. The van der Waals surface area contributed by atoms with Crippen LogP contribution in [0, 0.1) is 0 Å². The Balaban J connectivity index is 2.30. The van der Waals surface area contributed by atoms with E-state index in [1.54, 1.807) is 12.1 Å². The molecule has 0 unspecified atom stereocenters. The highest BCUT2D eigenvalue weighted by atomic mass is 28.2. The van der Waals surface area contributed by atoms with E-state index < -0.39 is 9.76 Å². The van der Waals surface area contributed by atoms with Crippen molar-refractivity contribution in [3.05, 3.63) is 59.7 Å². The molecular formula is C16H20O2Si. The third-order valence-electron chi connectivity index (χ3n) is 3.48. The van der Waals surface area contributed by atoms with Crippen molar-refractivity contribution in [1.29, 1.82) is 0 Å². The summed E-state index contributed by atoms with van der Waals surface area (Å²) in [5.41, 5.74) is 2.34. The minimum absolute atomic E-state index is 0.0874. The Labute approximate surface area is 117 Å². The third kappa shape index (κ3) is 2.99. The summed E-state index contributed by atoms with van der Waals surface area (Å²) in [4.78, 5) is 0. The zero-order chi connectivity index (χ0) is 13.9. The maximum Gasteiger partial charge on any atom is 0.216 e. The van der Waals surface area contributed by atoms with Crippen LogP contribution in [-0.4, -0.2) is 14.9 Å². The molecule has 0 bridgehead atoms. The fourth-order valence-corrected chi connectivity index (χ4v) is 2.71. The highest BCUT2D eigenvalue weighted by molar-refractivity contribution is 6.26. The van der Waals surface area contributed by atoms with Crippen LogP contribution in [0.3, 0.4) is 0 Å². The summed E-state index contributed by atoms with van der Waals surface area (Å²) in [5, 5.41) is 9.38. The lowest BCUT2D eigenvalue weighted by Gasteiger charge is -2.26. The van der Waals surface area contributed by atoms with Gasteiger partial charge in [0, 0.05) is 5.41 Å². The van der Waals surface area contributed by atoms with Gasteiger partial charge >= 0.3 is 0 Å². The minimum Gasteiger partial charge on any atom is -0.550 e. The summed E-state index contributed by atoms with van der Waals surface area (Å²) in [5.74, 6) is 1.26. The molecule has 0 aliphatic carbocycles. The third-order valence-corrected chi connectivity index (χ3v) is 4.10. The molecular weight excluding hydrogens is 252 g/mol. The average molecular weight is 272 g/mol. The van der Waals surface area contributed by atoms with Crippen LogP contribution in [-0.2, 0) is 5.41 Å². The van der Waals surface area contributed by atoms with Gasteiger partial charge in [-0.15, -0.1) is 0 Å². The van der Waals surface area contributed by atoms with E-state index in [1.807, 2.05) is 24.3 Å². The zero-order valence-corrected chi connectivity index (χ0v) is 13.1. The number of phenolic OH excluding ortho intramolecular Hbond substituents is 1. The van der Waals surface area contributed by atoms with E-state index in [9.17, 15) is 5.11 Å². The number of phenols is 1. The summed E-state index contributed by atoms with van der Waals surface area (Å²) in [7, 11) is -0.414. The van der Waals surface area contributed by atoms with E-state index in [0.29, 0.717) is 5.75 Å². The first-order valence-electron chi connectivity index (χ1n) is 6.57. The fraction of sp³-hybridized carbons (Fsp3) is 0.250. The predicted octanol–water partition coefficient (Wildman–Crippen LogP) is 3.23. The van der Waals surface area contributed by atoms with Gasteiger partial charge in [-0.25, -0.2) is 0 Å². The maximum atomic E-state index is 9.38. The molecule has 19 heavy (non-hydrogen) atoms. The molecule has 0 aliphatic rings. The first kappa shape index (κ1) is 13.7. The van der Waals surface area contributed by atoms with Crippen LogP contribution in [0.25, 0.3) is 0 Å². The number of hydrogen-bond donors (Lipinski definition) is 1. The topological polar surface area (TPSA) is 29.5 Å². The van der Waals surface area contributed by atoms with Crippen LogP contribution < -0.4 is 4.43 Å². The van der Waals surface area contributed by atoms with Crippen LogP contribution in [0.5, 0.6) is 11.5 Å². The number of aromatic hydroxyl groups is 1. The van der Waals surface area contributed by atoms with Crippen LogP contribution in [0.4, 0.5) is 0 Å². The summed E-state index contributed by atoms with van der Waals surface area (Å²) in [6, 6.07) is 15.7. The number of rotatable bonds is 4. The molecule has 0 heterocycles. The average Bonchev–Trinajstić information content (AvgIpc) is 2.40. The number of benzene rings is 2. The van der Waals surface area contributed by atoms with Crippen molar-refractivity contribution in [2.24, 2.45) is 0 Å². The first-order valence-corrected chi connectivity index (χ1v) is 8.56. The van der Waals surface area contributed by atoms with Crippen molar-refractivity contribution in [1.82, 2.24) is 0 Å². The molecule has 0 aromatic heterocycles. The largest absolute Gasteiger partial charge is 0.550 e. The summed E-state index contributed by atoms with van der Waals surface area (Å²) in [6.07, 6.45) is 0. The molecule has 2 aromatic carbocycles. The molecule has 3 heteroatoms. The normalized spacial score (nSPS) is 11.9. The highest BCUT2D eigenvalue weighted by Crippen LogP contribution is 2.33. The molecule has 0 fully saturated rings. The van der Waals surface area contributed by atoms with Gasteiger partial charge in [0.05, 0.1) is 0 Å². The molecule has 0 spiro atoms. The Hall–Kier alpha value is -1.74. The molecule has 100 valence electrons. The summed E-state index contributed by atoms with van der Waals surface area (Å²) in [6.45, 7) is 6.49. The van der Waals surface area contributed by atoms with Gasteiger partial charge in [0.2, 0.25) is 9.76 Å². The lowest BCUT2D eigenvalue weighted by atomic mass is 9.78. The zero-order valence-electron chi connectivity index (χ0n) is 11.7. The van der Waals surface area contributed by atoms with Gasteiger partial charge in [-0.2, -0.15) is 0 Å². The second-order valence-electron chi connectivity index (χ2n) is 5.13. The Morgan fingerprint density at radius 2 is 1.37 bits per heavy atom. The minimum atomic E-state index is -0.414. The molecule has 2 aromatic rings. The fourth-order valence-electron chi connectivity index (χ4n) is 2.18.